The largest absolute Gasteiger partial charge is 0.493 e. The molecular formula is C24H25NO6S. The van der Waals surface area contributed by atoms with E-state index in [1.807, 2.05) is 37.3 Å². The summed E-state index contributed by atoms with van der Waals surface area (Å²) in [7, 11) is 1.53. The van der Waals surface area contributed by atoms with Crippen LogP contribution in [0.1, 0.15) is 30.9 Å². The summed E-state index contributed by atoms with van der Waals surface area (Å²) in [5, 5.41) is -0.497. The third-order valence-electron chi connectivity index (χ3n) is 4.64. The molecule has 0 radical (unpaired) electrons. The molecule has 168 valence electrons. The maximum atomic E-state index is 12.6. The van der Waals surface area contributed by atoms with E-state index in [0.717, 1.165) is 35.1 Å². The van der Waals surface area contributed by atoms with Gasteiger partial charge in [-0.2, -0.15) is 0 Å². The van der Waals surface area contributed by atoms with E-state index in [2.05, 4.69) is 0 Å². The highest BCUT2D eigenvalue weighted by atomic mass is 32.2. The van der Waals surface area contributed by atoms with Gasteiger partial charge in [0.1, 0.15) is 13.2 Å². The summed E-state index contributed by atoms with van der Waals surface area (Å²) in [5.74, 6) is -0.0377. The Labute approximate surface area is 191 Å². The highest BCUT2D eigenvalue weighted by Gasteiger charge is 2.36. The average Bonchev–Trinajstić information content (AvgIpc) is 3.06. The minimum Gasteiger partial charge on any atom is -0.493 e. The summed E-state index contributed by atoms with van der Waals surface area (Å²) in [6, 6.07) is 15.0. The standard InChI is InChI=1S/C24H25NO6S/c1-3-4-12-30-22(26)15-25-23(27)21(32-24(25)28)14-18-10-11-19(20(13-18)29-2)31-16-17-8-6-5-7-9-17/h5-11,13-14H,3-4,12,15-16H2,1-2H3/b21-14+. The Morgan fingerprint density at radius 2 is 1.88 bits per heavy atom. The normalized spacial score (nSPS) is 14.7. The summed E-state index contributed by atoms with van der Waals surface area (Å²) >= 11 is 0.791. The topological polar surface area (TPSA) is 82.1 Å². The Kier molecular flexibility index (Phi) is 8.33. The van der Waals surface area contributed by atoms with Crippen LogP contribution in [-0.2, 0) is 20.9 Å². The zero-order valence-corrected chi connectivity index (χ0v) is 18.9. The Morgan fingerprint density at radius 3 is 2.59 bits per heavy atom. The first kappa shape index (κ1) is 23.4. The molecule has 7 nitrogen and oxygen atoms in total. The number of rotatable bonds is 10. The van der Waals surface area contributed by atoms with Crippen molar-refractivity contribution in [3.8, 4) is 11.5 Å². The van der Waals surface area contributed by atoms with Gasteiger partial charge in [-0.1, -0.05) is 49.7 Å². The van der Waals surface area contributed by atoms with Crippen molar-refractivity contribution in [3.63, 3.8) is 0 Å². The van der Waals surface area contributed by atoms with Crippen molar-refractivity contribution in [2.24, 2.45) is 0 Å². The first-order chi connectivity index (χ1) is 15.5. The van der Waals surface area contributed by atoms with Crippen molar-refractivity contribution in [2.75, 3.05) is 20.3 Å². The van der Waals surface area contributed by atoms with Crippen molar-refractivity contribution in [2.45, 2.75) is 26.4 Å². The van der Waals surface area contributed by atoms with E-state index in [1.54, 1.807) is 24.3 Å². The molecule has 32 heavy (non-hydrogen) atoms. The van der Waals surface area contributed by atoms with E-state index in [1.165, 1.54) is 7.11 Å². The van der Waals surface area contributed by atoms with Gasteiger partial charge in [-0.15, -0.1) is 0 Å². The van der Waals surface area contributed by atoms with Crippen LogP contribution in [0, 0.1) is 0 Å². The van der Waals surface area contributed by atoms with Crippen LogP contribution in [0.3, 0.4) is 0 Å². The summed E-state index contributed by atoms with van der Waals surface area (Å²) in [6.45, 7) is 2.26. The Bertz CT molecular complexity index is 1000. The van der Waals surface area contributed by atoms with E-state index in [9.17, 15) is 14.4 Å². The molecule has 0 saturated carbocycles. The lowest BCUT2D eigenvalue weighted by Gasteiger charge is -2.12. The Hall–Kier alpha value is -3.26. The van der Waals surface area contributed by atoms with Crippen molar-refractivity contribution < 1.29 is 28.6 Å². The lowest BCUT2D eigenvalue weighted by molar-refractivity contribution is -0.146. The fraction of sp³-hybridized carbons (Fsp3) is 0.292. The lowest BCUT2D eigenvalue weighted by atomic mass is 10.1. The van der Waals surface area contributed by atoms with Crippen LogP contribution >= 0.6 is 11.8 Å². The third-order valence-corrected chi connectivity index (χ3v) is 5.55. The quantitative estimate of drug-likeness (QED) is 0.293. The van der Waals surface area contributed by atoms with Crippen molar-refractivity contribution in [1.29, 1.82) is 0 Å². The maximum Gasteiger partial charge on any atom is 0.326 e. The van der Waals surface area contributed by atoms with Gasteiger partial charge in [-0.3, -0.25) is 19.3 Å². The number of imide groups is 1. The molecular weight excluding hydrogens is 430 g/mol. The molecule has 0 spiro atoms. The second-order valence-corrected chi connectivity index (χ2v) is 8.02. The number of carbonyl (C=O) groups is 3. The molecule has 1 heterocycles. The summed E-state index contributed by atoms with van der Waals surface area (Å²) < 4.78 is 16.3. The highest BCUT2D eigenvalue weighted by molar-refractivity contribution is 8.18. The molecule has 1 saturated heterocycles. The molecule has 2 aromatic carbocycles. The molecule has 1 aliphatic rings. The molecule has 0 unspecified atom stereocenters. The smallest absolute Gasteiger partial charge is 0.326 e. The SMILES string of the molecule is CCCCOC(=O)CN1C(=O)S/C(=C/c2ccc(OCc3ccccc3)c(OC)c2)C1=O. The molecule has 2 amide bonds. The van der Waals surface area contributed by atoms with E-state index < -0.39 is 17.1 Å². The van der Waals surface area contributed by atoms with Crippen LogP contribution in [0.15, 0.2) is 53.4 Å². The van der Waals surface area contributed by atoms with Gasteiger partial charge in [0.2, 0.25) is 0 Å². The fourth-order valence-electron chi connectivity index (χ4n) is 2.92. The number of thioether (sulfide) groups is 1. The van der Waals surface area contributed by atoms with Crippen LogP contribution in [0.2, 0.25) is 0 Å². The number of ether oxygens (including phenoxy) is 3. The minimum absolute atomic E-state index is 0.233. The molecule has 0 N–H and O–H groups in total. The molecule has 1 fully saturated rings. The number of hydrogen-bond donors (Lipinski definition) is 0. The van der Waals surface area contributed by atoms with Crippen molar-refractivity contribution in [3.05, 3.63) is 64.6 Å². The lowest BCUT2D eigenvalue weighted by Crippen LogP contribution is -2.34. The number of methoxy groups -OCH3 is 1. The summed E-state index contributed by atoms with van der Waals surface area (Å²) in [5.41, 5.74) is 1.70. The Morgan fingerprint density at radius 1 is 1.09 bits per heavy atom. The first-order valence-corrected chi connectivity index (χ1v) is 11.1. The first-order valence-electron chi connectivity index (χ1n) is 10.3. The summed E-state index contributed by atoms with van der Waals surface area (Å²) in [4.78, 5) is 37.9. The van der Waals surface area contributed by atoms with Crippen molar-refractivity contribution >= 4 is 35.0 Å². The second-order valence-electron chi connectivity index (χ2n) is 7.03. The van der Waals surface area contributed by atoms with Crippen LogP contribution in [0.4, 0.5) is 4.79 Å². The van der Waals surface area contributed by atoms with Gasteiger partial charge in [-0.25, -0.2) is 0 Å². The van der Waals surface area contributed by atoms with Crippen LogP contribution < -0.4 is 9.47 Å². The maximum absolute atomic E-state index is 12.6. The number of nitrogens with zero attached hydrogens (tertiary/aromatic N) is 1. The average molecular weight is 456 g/mol. The van der Waals surface area contributed by atoms with Gasteiger partial charge >= 0.3 is 5.97 Å². The molecule has 0 aliphatic carbocycles. The van der Waals surface area contributed by atoms with Crippen LogP contribution in [0.5, 0.6) is 11.5 Å². The van der Waals surface area contributed by atoms with E-state index in [-0.39, 0.29) is 18.1 Å². The predicted molar refractivity (Wildman–Crippen MR) is 122 cm³/mol. The van der Waals surface area contributed by atoms with E-state index in [4.69, 9.17) is 14.2 Å². The van der Waals surface area contributed by atoms with E-state index in [0.29, 0.717) is 23.7 Å². The van der Waals surface area contributed by atoms with Gasteiger partial charge in [0.25, 0.3) is 11.1 Å². The molecule has 3 rings (SSSR count). The number of carbonyl (C=O) groups excluding carboxylic acids is 3. The van der Waals surface area contributed by atoms with E-state index >= 15 is 0 Å². The monoisotopic (exact) mass is 455 g/mol. The summed E-state index contributed by atoms with van der Waals surface area (Å²) in [6.07, 6.45) is 3.22. The molecule has 1 aliphatic heterocycles. The highest BCUT2D eigenvalue weighted by Crippen LogP contribution is 2.34. The van der Waals surface area contributed by atoms with Gasteiger partial charge in [0.05, 0.1) is 18.6 Å². The van der Waals surface area contributed by atoms with Crippen LogP contribution in [-0.4, -0.2) is 42.3 Å². The fourth-order valence-corrected chi connectivity index (χ4v) is 3.76. The number of benzene rings is 2. The third kappa shape index (κ3) is 6.13. The molecule has 0 bridgehead atoms. The number of unbranched alkanes of at least 4 members (excludes halogenated alkanes) is 1. The van der Waals surface area contributed by atoms with Crippen LogP contribution in [0.25, 0.3) is 6.08 Å². The number of hydrogen-bond acceptors (Lipinski definition) is 7. The van der Waals surface area contributed by atoms with Gasteiger partial charge in [0, 0.05) is 0 Å². The molecule has 2 aromatic rings. The molecule has 0 aromatic heterocycles. The second kappa shape index (κ2) is 11.4. The van der Waals surface area contributed by atoms with Gasteiger partial charge < -0.3 is 14.2 Å². The number of esters is 1. The van der Waals surface area contributed by atoms with Gasteiger partial charge in [0.15, 0.2) is 11.5 Å². The van der Waals surface area contributed by atoms with Gasteiger partial charge in [-0.05, 0) is 47.5 Å². The Balaban J connectivity index is 1.67. The molecule has 0 atom stereocenters. The molecule has 8 heteroatoms. The zero-order chi connectivity index (χ0) is 22.9. The van der Waals surface area contributed by atoms with Crippen molar-refractivity contribution in [1.82, 2.24) is 4.90 Å². The minimum atomic E-state index is -0.594. The zero-order valence-electron chi connectivity index (χ0n) is 18.0. The number of amides is 2. The predicted octanol–water partition coefficient (Wildman–Crippen LogP) is 4.65.